The largest absolute Gasteiger partial charge is 0.466 e. The van der Waals surface area contributed by atoms with Crippen LogP contribution in [0.5, 0.6) is 0 Å². The minimum atomic E-state index is -0.664. The van der Waals surface area contributed by atoms with E-state index >= 15 is 0 Å². The number of unbranched alkanes of at least 4 members (excludes halogenated alkanes) is 53. The van der Waals surface area contributed by atoms with Crippen LogP contribution in [-0.2, 0) is 14.3 Å². The number of aliphatic hydroxyl groups is 2. The van der Waals surface area contributed by atoms with Crippen LogP contribution in [0.1, 0.15) is 399 Å². The van der Waals surface area contributed by atoms with Crippen LogP contribution in [0.3, 0.4) is 0 Å². The zero-order chi connectivity index (χ0) is 55.0. The molecule has 6 nitrogen and oxygen atoms in total. The number of allylic oxidation sites excluding steroid dienone is 2. The van der Waals surface area contributed by atoms with Crippen molar-refractivity contribution in [3.63, 3.8) is 0 Å². The van der Waals surface area contributed by atoms with Crippen LogP contribution >= 0.6 is 0 Å². The molecule has 3 N–H and O–H groups in total. The van der Waals surface area contributed by atoms with E-state index in [1.54, 1.807) is 0 Å². The molecule has 0 saturated carbocycles. The zero-order valence-corrected chi connectivity index (χ0v) is 51.8. The zero-order valence-electron chi connectivity index (χ0n) is 51.8. The number of rotatable bonds is 66. The molecule has 2 atom stereocenters. The van der Waals surface area contributed by atoms with Crippen LogP contribution < -0.4 is 5.32 Å². The first kappa shape index (κ1) is 74.6. The second-order valence-electron chi connectivity index (χ2n) is 24.2. The molecule has 0 bridgehead atoms. The number of carbonyl (C=O) groups is 2. The Morgan fingerprint density at radius 3 is 0.934 bits per heavy atom. The molecule has 0 heterocycles. The molecule has 0 aromatic carbocycles. The van der Waals surface area contributed by atoms with Crippen LogP contribution in [-0.4, -0.2) is 47.4 Å². The Morgan fingerprint density at radius 1 is 0.355 bits per heavy atom. The fourth-order valence-corrected chi connectivity index (χ4v) is 11.2. The summed E-state index contributed by atoms with van der Waals surface area (Å²) < 4.78 is 5.49. The monoisotopic (exact) mass is 1070 g/mol. The minimum absolute atomic E-state index is 0.00768. The number of hydrogen-bond donors (Lipinski definition) is 3. The lowest BCUT2D eigenvalue weighted by Gasteiger charge is -2.22. The molecule has 0 aromatic heterocycles. The van der Waals surface area contributed by atoms with Gasteiger partial charge in [-0.2, -0.15) is 0 Å². The minimum Gasteiger partial charge on any atom is -0.466 e. The molecular formula is C70H137NO5. The third-order valence-electron chi connectivity index (χ3n) is 16.6. The van der Waals surface area contributed by atoms with E-state index in [4.69, 9.17) is 4.74 Å². The third kappa shape index (κ3) is 61.8. The van der Waals surface area contributed by atoms with Crippen LogP contribution in [0.4, 0.5) is 0 Å². The first-order chi connectivity index (χ1) is 37.5. The van der Waals surface area contributed by atoms with Crippen LogP contribution in [0, 0.1) is 0 Å². The lowest BCUT2D eigenvalue weighted by molar-refractivity contribution is -0.143. The van der Waals surface area contributed by atoms with Crippen LogP contribution in [0.15, 0.2) is 12.2 Å². The van der Waals surface area contributed by atoms with Crippen molar-refractivity contribution in [3.8, 4) is 0 Å². The molecule has 0 aromatic rings. The Hall–Kier alpha value is -1.40. The van der Waals surface area contributed by atoms with E-state index in [9.17, 15) is 19.8 Å². The second kappa shape index (κ2) is 66.1. The summed E-state index contributed by atoms with van der Waals surface area (Å²) >= 11 is 0. The molecule has 0 saturated heterocycles. The highest BCUT2D eigenvalue weighted by Crippen LogP contribution is 2.19. The van der Waals surface area contributed by atoms with Gasteiger partial charge in [0.2, 0.25) is 5.91 Å². The van der Waals surface area contributed by atoms with Gasteiger partial charge in [0.05, 0.1) is 25.4 Å². The van der Waals surface area contributed by atoms with Crippen molar-refractivity contribution in [2.24, 2.45) is 0 Å². The Kier molecular flexibility index (Phi) is 64.9. The van der Waals surface area contributed by atoms with Crippen molar-refractivity contribution in [2.75, 3.05) is 13.2 Å². The Morgan fingerprint density at radius 2 is 0.618 bits per heavy atom. The standard InChI is InChI=1S/C70H137NO5/c1-3-5-7-9-11-13-15-17-19-20-21-25-28-31-35-38-42-46-50-54-58-62-68(73)67(66-72)71-69(74)63-59-55-51-47-43-39-36-32-29-26-23-22-24-27-30-33-37-41-45-49-53-57-61-65-76-70(75)64-60-56-52-48-44-40-34-18-16-14-12-10-8-6-4-2/h18,34,67-68,72-73H,3-17,19-33,35-66H2,1-2H3,(H,71,74)/b34-18-. The fourth-order valence-electron chi connectivity index (χ4n) is 11.2. The summed E-state index contributed by atoms with van der Waals surface area (Å²) in [6.07, 6.45) is 81.1. The lowest BCUT2D eigenvalue weighted by Crippen LogP contribution is -2.45. The van der Waals surface area contributed by atoms with E-state index in [1.165, 1.54) is 321 Å². The molecule has 0 aliphatic heterocycles. The van der Waals surface area contributed by atoms with Crippen molar-refractivity contribution in [3.05, 3.63) is 12.2 Å². The molecule has 452 valence electrons. The maximum Gasteiger partial charge on any atom is 0.305 e. The number of hydrogen-bond acceptors (Lipinski definition) is 5. The summed E-state index contributed by atoms with van der Waals surface area (Å²) in [5.74, 6) is -0.0220. The first-order valence-electron chi connectivity index (χ1n) is 34.9. The Bertz CT molecular complexity index is 1140. The maximum atomic E-state index is 12.5. The summed E-state index contributed by atoms with van der Waals surface area (Å²) in [5.41, 5.74) is 0. The van der Waals surface area contributed by atoms with E-state index in [2.05, 4.69) is 31.3 Å². The van der Waals surface area contributed by atoms with E-state index in [-0.39, 0.29) is 18.5 Å². The first-order valence-corrected chi connectivity index (χ1v) is 34.9. The van der Waals surface area contributed by atoms with Gasteiger partial charge in [0.1, 0.15) is 0 Å². The van der Waals surface area contributed by atoms with Crippen molar-refractivity contribution in [2.45, 2.75) is 411 Å². The average Bonchev–Trinajstić information content (AvgIpc) is 3.42. The fraction of sp³-hybridized carbons (Fsp3) is 0.943. The number of amides is 1. The normalized spacial score (nSPS) is 12.5. The molecule has 76 heavy (non-hydrogen) atoms. The van der Waals surface area contributed by atoms with Gasteiger partial charge in [0.15, 0.2) is 0 Å². The van der Waals surface area contributed by atoms with Crippen molar-refractivity contribution < 1.29 is 24.5 Å². The Balaban J connectivity index is 3.37. The van der Waals surface area contributed by atoms with Gasteiger partial charge in [0.25, 0.3) is 0 Å². The molecule has 0 aliphatic carbocycles. The third-order valence-corrected chi connectivity index (χ3v) is 16.6. The van der Waals surface area contributed by atoms with Crippen molar-refractivity contribution >= 4 is 11.9 Å². The van der Waals surface area contributed by atoms with Crippen LogP contribution in [0.2, 0.25) is 0 Å². The molecule has 2 unspecified atom stereocenters. The van der Waals surface area contributed by atoms with Gasteiger partial charge in [-0.25, -0.2) is 0 Å². The molecule has 6 heteroatoms. The van der Waals surface area contributed by atoms with Gasteiger partial charge >= 0.3 is 5.97 Å². The highest BCUT2D eigenvalue weighted by atomic mass is 16.5. The predicted molar refractivity (Wildman–Crippen MR) is 333 cm³/mol. The number of carbonyl (C=O) groups excluding carboxylic acids is 2. The number of nitrogens with one attached hydrogen (secondary N) is 1. The van der Waals surface area contributed by atoms with Gasteiger partial charge in [-0.15, -0.1) is 0 Å². The number of aliphatic hydroxyl groups excluding tert-OH is 2. The molecule has 0 rings (SSSR count). The van der Waals surface area contributed by atoms with E-state index in [0.29, 0.717) is 25.9 Å². The smallest absolute Gasteiger partial charge is 0.305 e. The van der Waals surface area contributed by atoms with Gasteiger partial charge in [-0.1, -0.05) is 347 Å². The van der Waals surface area contributed by atoms with Crippen molar-refractivity contribution in [1.82, 2.24) is 5.32 Å². The number of ether oxygens (including phenoxy) is 1. The van der Waals surface area contributed by atoms with Gasteiger partial charge in [-0.3, -0.25) is 9.59 Å². The second-order valence-corrected chi connectivity index (χ2v) is 24.2. The molecular weight excluding hydrogens is 935 g/mol. The maximum absolute atomic E-state index is 12.5. The van der Waals surface area contributed by atoms with Gasteiger partial charge in [0, 0.05) is 12.8 Å². The van der Waals surface area contributed by atoms with Crippen LogP contribution in [0.25, 0.3) is 0 Å². The van der Waals surface area contributed by atoms with E-state index in [1.807, 2.05) is 0 Å². The van der Waals surface area contributed by atoms with Crippen molar-refractivity contribution in [1.29, 1.82) is 0 Å². The molecule has 0 aliphatic rings. The average molecular weight is 1070 g/mol. The summed E-state index contributed by atoms with van der Waals surface area (Å²) in [5, 5.41) is 23.4. The summed E-state index contributed by atoms with van der Waals surface area (Å²) in [7, 11) is 0. The SMILES string of the molecule is CCCCCCCC/C=C\CCCCCCCC(=O)OCCCCCCCCCCCCCCCCCCCCCCCCCC(=O)NC(CO)C(O)CCCCCCCCCCCCCCCCCCCCCCC. The van der Waals surface area contributed by atoms with E-state index in [0.717, 1.165) is 44.9 Å². The summed E-state index contributed by atoms with van der Waals surface area (Å²) in [4.78, 5) is 24.6. The van der Waals surface area contributed by atoms with Gasteiger partial charge < -0.3 is 20.3 Å². The predicted octanol–water partition coefficient (Wildman–Crippen LogP) is 22.4. The highest BCUT2D eigenvalue weighted by molar-refractivity contribution is 5.76. The number of esters is 1. The van der Waals surface area contributed by atoms with E-state index < -0.39 is 12.1 Å². The molecule has 1 amide bonds. The quantitative estimate of drug-likeness (QED) is 0.0320. The lowest BCUT2D eigenvalue weighted by atomic mass is 10.0. The highest BCUT2D eigenvalue weighted by Gasteiger charge is 2.20. The molecule has 0 fully saturated rings. The topological polar surface area (TPSA) is 95.9 Å². The molecule has 0 radical (unpaired) electrons. The summed E-state index contributed by atoms with van der Waals surface area (Å²) in [6.45, 7) is 4.99. The Labute approximate surface area is 476 Å². The molecule has 0 spiro atoms. The van der Waals surface area contributed by atoms with Gasteiger partial charge in [-0.05, 0) is 51.4 Å². The summed E-state index contributed by atoms with van der Waals surface area (Å²) in [6, 6.07) is -0.541.